The van der Waals surface area contributed by atoms with Gasteiger partial charge in [0, 0.05) is 25.2 Å². The molecule has 0 aromatic carbocycles. The first kappa shape index (κ1) is 63.1. The Bertz CT molecular complexity index is 731. The molecule has 0 aliphatic rings. The molecule has 2 atom stereocenters. The molecular weight excluding hydrogens is 928 g/mol. The van der Waals surface area contributed by atoms with Crippen LogP contribution < -0.4 is 10.2 Å². The van der Waals surface area contributed by atoms with Crippen LogP contribution in [-0.4, -0.2) is 62.7 Å². The molecule has 0 aliphatic carbocycles. The Morgan fingerprint density at radius 1 is 0.305 bits per heavy atom. The van der Waals surface area contributed by atoms with E-state index in [2.05, 4.69) is 13.8 Å². The second-order valence-electron chi connectivity index (χ2n) is 18.1. The normalized spacial score (nSPS) is 12.1. The summed E-state index contributed by atoms with van der Waals surface area (Å²) in [6, 6.07) is 0. The summed E-state index contributed by atoms with van der Waals surface area (Å²) in [5, 5.41) is 40.1. The van der Waals surface area contributed by atoms with Crippen LogP contribution in [0, 0.1) is 11.8 Å². The van der Waals surface area contributed by atoms with E-state index in [-0.39, 0.29) is 39.1 Å². The number of carbonyl (C=O) groups is 2. The van der Waals surface area contributed by atoms with E-state index in [1.807, 2.05) is 0 Å². The standard InChI is InChI=1S/2C26H52O3.Pb/c2*1-2-3-4-5-16-19-22-25(26(28)29)23-20-17-14-12-10-8-6-7-9-11-13-15-18-21-24-27;/h2*25,27H,2-24H2,1H3,(H,28,29);/q;;+2/p-2. The number of carboxylic acid groups (broad SMARTS) is 2. The second-order valence-corrected chi connectivity index (χ2v) is 18.1. The van der Waals surface area contributed by atoms with Crippen LogP contribution in [0.2, 0.25) is 0 Å². The molecular formula is C52H102O6Pb. The molecule has 0 aliphatic heterocycles. The van der Waals surface area contributed by atoms with Gasteiger partial charge in [0.2, 0.25) is 0 Å². The maximum atomic E-state index is 11.3. The molecule has 2 unspecified atom stereocenters. The Morgan fingerprint density at radius 2 is 0.458 bits per heavy atom. The summed E-state index contributed by atoms with van der Waals surface area (Å²) in [5.74, 6) is -2.09. The minimum absolute atomic E-state index is 0. The summed E-state index contributed by atoms with van der Waals surface area (Å²) in [6.07, 6.45) is 53.2. The number of aliphatic hydroxyl groups is 2. The fraction of sp³-hybridized carbons (Fsp3) is 0.962. The van der Waals surface area contributed by atoms with Gasteiger partial charge < -0.3 is 30.0 Å². The van der Waals surface area contributed by atoms with Crippen molar-refractivity contribution in [3.05, 3.63) is 0 Å². The van der Waals surface area contributed by atoms with Crippen molar-refractivity contribution in [3.63, 3.8) is 0 Å². The van der Waals surface area contributed by atoms with Crippen molar-refractivity contribution in [3.8, 4) is 0 Å². The molecule has 59 heavy (non-hydrogen) atoms. The zero-order chi connectivity index (χ0) is 42.8. The van der Waals surface area contributed by atoms with Gasteiger partial charge in [-0.2, -0.15) is 0 Å². The van der Waals surface area contributed by atoms with E-state index in [1.54, 1.807) is 0 Å². The van der Waals surface area contributed by atoms with E-state index in [0.29, 0.717) is 13.2 Å². The Labute approximate surface area is 388 Å². The first-order valence-corrected chi connectivity index (χ1v) is 26.1. The van der Waals surface area contributed by atoms with Crippen LogP contribution in [-0.2, 0) is 9.59 Å². The van der Waals surface area contributed by atoms with E-state index in [4.69, 9.17) is 10.2 Å². The van der Waals surface area contributed by atoms with Crippen LogP contribution >= 0.6 is 0 Å². The average molecular weight is 1030 g/mol. The Hall–Kier alpha value is -0.218. The maximum absolute atomic E-state index is 11.3. The third-order valence-corrected chi connectivity index (χ3v) is 12.4. The van der Waals surface area contributed by atoms with E-state index in [1.165, 1.54) is 218 Å². The van der Waals surface area contributed by atoms with Gasteiger partial charge in [-0.05, 0) is 50.4 Å². The molecule has 7 heteroatoms. The fourth-order valence-electron chi connectivity index (χ4n) is 8.35. The molecule has 350 valence electrons. The number of unbranched alkanes of at least 4 members (excludes halogenated alkanes) is 36. The summed E-state index contributed by atoms with van der Waals surface area (Å²) >= 11 is 0. The van der Waals surface area contributed by atoms with Crippen LogP contribution in [0.15, 0.2) is 0 Å². The summed E-state index contributed by atoms with van der Waals surface area (Å²) in [4.78, 5) is 22.6. The fourth-order valence-corrected chi connectivity index (χ4v) is 8.35. The predicted molar refractivity (Wildman–Crippen MR) is 251 cm³/mol. The van der Waals surface area contributed by atoms with Crippen molar-refractivity contribution in [1.29, 1.82) is 0 Å². The van der Waals surface area contributed by atoms with E-state index >= 15 is 0 Å². The van der Waals surface area contributed by atoms with E-state index in [0.717, 1.165) is 64.2 Å². The number of carboxylic acids is 2. The predicted octanol–water partition coefficient (Wildman–Crippen LogP) is 13.5. The number of aliphatic carboxylic acids is 2. The van der Waals surface area contributed by atoms with Crippen LogP contribution in [0.5, 0.6) is 0 Å². The van der Waals surface area contributed by atoms with Crippen LogP contribution in [0.25, 0.3) is 0 Å². The topological polar surface area (TPSA) is 121 Å². The first-order chi connectivity index (χ1) is 28.4. The smallest absolute Gasteiger partial charge is 0.550 e. The minimum Gasteiger partial charge on any atom is -0.550 e. The number of hydrogen-bond acceptors (Lipinski definition) is 6. The molecule has 0 amide bonds. The molecule has 0 rings (SSSR count). The number of hydrogen-bond donors (Lipinski definition) is 2. The van der Waals surface area contributed by atoms with Crippen molar-refractivity contribution < 1.29 is 30.0 Å². The van der Waals surface area contributed by atoms with Crippen molar-refractivity contribution in [1.82, 2.24) is 0 Å². The number of aliphatic hydroxyl groups excluding tert-OH is 2. The van der Waals surface area contributed by atoms with Gasteiger partial charge in [0.05, 0.1) is 0 Å². The summed E-state index contributed by atoms with van der Waals surface area (Å²) in [6.45, 7) is 5.13. The quantitative estimate of drug-likeness (QED) is 0.0463. The van der Waals surface area contributed by atoms with Crippen molar-refractivity contribution in [2.24, 2.45) is 11.8 Å². The Balaban J connectivity index is -0.00000105. The molecule has 0 saturated carbocycles. The van der Waals surface area contributed by atoms with Gasteiger partial charge in [0.15, 0.2) is 0 Å². The molecule has 0 fully saturated rings. The molecule has 0 spiro atoms. The third kappa shape index (κ3) is 53.9. The third-order valence-electron chi connectivity index (χ3n) is 12.4. The monoisotopic (exact) mass is 1030 g/mol. The summed E-state index contributed by atoms with van der Waals surface area (Å²) in [5.41, 5.74) is 0. The van der Waals surface area contributed by atoms with Gasteiger partial charge in [-0.3, -0.25) is 0 Å². The number of carbonyl (C=O) groups excluding carboxylic acids is 2. The van der Waals surface area contributed by atoms with Crippen LogP contribution in [0.1, 0.15) is 296 Å². The minimum atomic E-state index is -0.827. The van der Waals surface area contributed by atoms with Gasteiger partial charge in [-0.15, -0.1) is 0 Å². The molecule has 0 aromatic heterocycles. The molecule has 0 aromatic rings. The average Bonchev–Trinajstić information content (AvgIpc) is 3.21. The van der Waals surface area contributed by atoms with E-state index in [9.17, 15) is 19.8 Å². The Kier molecular flexibility index (Phi) is 59.7. The molecule has 6 nitrogen and oxygen atoms in total. The summed E-state index contributed by atoms with van der Waals surface area (Å²) < 4.78 is 0. The molecule has 0 bridgehead atoms. The molecule has 0 heterocycles. The zero-order valence-corrected chi connectivity index (χ0v) is 43.6. The first-order valence-electron chi connectivity index (χ1n) is 26.1. The molecule has 0 saturated heterocycles. The summed E-state index contributed by atoms with van der Waals surface area (Å²) in [7, 11) is 0. The van der Waals surface area contributed by atoms with Crippen molar-refractivity contribution >= 4 is 39.2 Å². The van der Waals surface area contributed by atoms with Gasteiger partial charge in [-0.25, -0.2) is 0 Å². The maximum Gasteiger partial charge on any atom is 2.00 e. The van der Waals surface area contributed by atoms with E-state index < -0.39 is 11.9 Å². The zero-order valence-electron chi connectivity index (χ0n) is 39.7. The van der Waals surface area contributed by atoms with Gasteiger partial charge in [0.25, 0.3) is 0 Å². The molecule has 2 radical (unpaired) electrons. The van der Waals surface area contributed by atoms with Gasteiger partial charge in [0.1, 0.15) is 0 Å². The molecule has 2 N–H and O–H groups in total. The largest absolute Gasteiger partial charge is 2.00 e. The van der Waals surface area contributed by atoms with Crippen molar-refractivity contribution in [2.75, 3.05) is 13.2 Å². The second kappa shape index (κ2) is 55.8. The Morgan fingerprint density at radius 3 is 0.610 bits per heavy atom. The van der Waals surface area contributed by atoms with Gasteiger partial charge in [-0.1, -0.05) is 258 Å². The van der Waals surface area contributed by atoms with Crippen LogP contribution in [0.4, 0.5) is 0 Å². The SMILES string of the molecule is CCCCCCCCC(CCCCCCCCCCCCCCCCO)C(=O)[O-].CCCCCCCCC(CCCCCCCCCCCCCCCCO)C(=O)[O-].[Pb+2]. The number of rotatable bonds is 48. The van der Waals surface area contributed by atoms with Crippen LogP contribution in [0.3, 0.4) is 0 Å². The van der Waals surface area contributed by atoms with Gasteiger partial charge >= 0.3 is 27.3 Å². The van der Waals surface area contributed by atoms with Crippen molar-refractivity contribution in [2.45, 2.75) is 296 Å².